The molecule has 2 aromatic rings. The second-order valence-electron chi connectivity index (χ2n) is 8.29. The molecule has 0 saturated heterocycles. The molecule has 1 heterocycles. The SMILES string of the molecule is CNC(C)C(OC(=O)C1=C(C)NC(C)=C(C(=O)OC)C1c1cccc([N+](=O)[O-])c1)c1ccccc1. The average molecular weight is 480 g/mol. The number of non-ortho nitro benzene ring substituents is 1. The van der Waals surface area contributed by atoms with Gasteiger partial charge in [-0.2, -0.15) is 0 Å². The molecule has 3 unspecified atom stereocenters. The molecular weight excluding hydrogens is 450 g/mol. The third-order valence-corrected chi connectivity index (χ3v) is 6.07. The highest BCUT2D eigenvalue weighted by Crippen LogP contribution is 2.41. The zero-order chi connectivity index (χ0) is 25.7. The van der Waals surface area contributed by atoms with Crippen LogP contribution in [-0.2, 0) is 19.1 Å². The summed E-state index contributed by atoms with van der Waals surface area (Å²) in [6, 6.07) is 15.0. The van der Waals surface area contributed by atoms with Crippen molar-refractivity contribution in [2.75, 3.05) is 14.2 Å². The minimum absolute atomic E-state index is 0.153. The molecule has 0 amide bonds. The number of methoxy groups -OCH3 is 1. The topological polar surface area (TPSA) is 120 Å². The summed E-state index contributed by atoms with van der Waals surface area (Å²) < 4.78 is 11.0. The number of ether oxygens (including phenoxy) is 2. The zero-order valence-corrected chi connectivity index (χ0v) is 20.3. The van der Waals surface area contributed by atoms with E-state index < -0.39 is 28.9 Å². The Labute approximate surface area is 204 Å². The van der Waals surface area contributed by atoms with Gasteiger partial charge in [0.05, 0.1) is 29.1 Å². The predicted octanol–water partition coefficient (Wildman–Crippen LogP) is 3.90. The molecule has 0 aromatic heterocycles. The number of nitro benzene ring substituents is 1. The lowest BCUT2D eigenvalue weighted by atomic mass is 9.80. The van der Waals surface area contributed by atoms with Gasteiger partial charge in [-0.25, -0.2) is 9.59 Å². The molecule has 1 aliphatic rings. The van der Waals surface area contributed by atoms with Gasteiger partial charge in [-0.3, -0.25) is 10.1 Å². The van der Waals surface area contributed by atoms with Crippen LogP contribution < -0.4 is 10.6 Å². The molecular formula is C26H29N3O6. The number of carbonyl (C=O) groups is 2. The molecule has 9 nitrogen and oxygen atoms in total. The maximum atomic E-state index is 13.7. The molecule has 1 aliphatic heterocycles. The first-order valence-corrected chi connectivity index (χ1v) is 11.1. The largest absolute Gasteiger partial charge is 0.466 e. The number of esters is 2. The van der Waals surface area contributed by atoms with Crippen LogP contribution in [0.1, 0.15) is 43.9 Å². The van der Waals surface area contributed by atoms with Crippen LogP contribution in [0.2, 0.25) is 0 Å². The molecule has 0 saturated carbocycles. The number of dihydropyridines is 1. The van der Waals surface area contributed by atoms with E-state index in [4.69, 9.17) is 9.47 Å². The Morgan fingerprint density at radius 1 is 1.03 bits per heavy atom. The van der Waals surface area contributed by atoms with Gasteiger partial charge in [0.25, 0.3) is 5.69 Å². The number of carbonyl (C=O) groups excluding carboxylic acids is 2. The first kappa shape index (κ1) is 25.6. The molecule has 9 heteroatoms. The molecule has 0 radical (unpaired) electrons. The summed E-state index contributed by atoms with van der Waals surface area (Å²) >= 11 is 0. The molecule has 0 spiro atoms. The van der Waals surface area contributed by atoms with E-state index in [1.54, 1.807) is 27.0 Å². The second kappa shape index (κ2) is 11.0. The lowest BCUT2D eigenvalue weighted by molar-refractivity contribution is -0.384. The van der Waals surface area contributed by atoms with Crippen molar-refractivity contribution >= 4 is 17.6 Å². The van der Waals surface area contributed by atoms with Gasteiger partial charge < -0.3 is 20.1 Å². The normalized spacial score (nSPS) is 17.3. The van der Waals surface area contributed by atoms with Gasteiger partial charge in [0, 0.05) is 29.6 Å². The molecule has 0 bridgehead atoms. The Kier molecular flexibility index (Phi) is 8.03. The highest BCUT2D eigenvalue weighted by molar-refractivity contribution is 6.00. The summed E-state index contributed by atoms with van der Waals surface area (Å²) in [6.45, 7) is 5.29. The van der Waals surface area contributed by atoms with E-state index in [2.05, 4.69) is 10.6 Å². The molecule has 184 valence electrons. The summed E-state index contributed by atoms with van der Waals surface area (Å²) in [5.74, 6) is -2.21. The maximum absolute atomic E-state index is 13.7. The summed E-state index contributed by atoms with van der Waals surface area (Å²) in [5.41, 5.74) is 2.40. The van der Waals surface area contributed by atoms with Gasteiger partial charge >= 0.3 is 11.9 Å². The molecule has 0 fully saturated rings. The number of hydrogen-bond acceptors (Lipinski definition) is 8. The Morgan fingerprint density at radius 2 is 1.66 bits per heavy atom. The smallest absolute Gasteiger partial charge is 0.337 e. The first-order chi connectivity index (χ1) is 16.7. The van der Waals surface area contributed by atoms with E-state index in [0.29, 0.717) is 17.0 Å². The number of likely N-dealkylation sites (N-methyl/N-ethyl adjacent to an activating group) is 1. The van der Waals surface area contributed by atoms with Crippen LogP contribution in [0.5, 0.6) is 0 Å². The molecule has 3 rings (SSSR count). The summed E-state index contributed by atoms with van der Waals surface area (Å²) in [5, 5.41) is 17.6. The van der Waals surface area contributed by atoms with Crippen molar-refractivity contribution < 1.29 is 24.0 Å². The number of benzene rings is 2. The fourth-order valence-electron chi connectivity index (χ4n) is 4.23. The Bertz CT molecular complexity index is 1190. The van der Waals surface area contributed by atoms with E-state index in [9.17, 15) is 19.7 Å². The number of nitrogens with one attached hydrogen (secondary N) is 2. The van der Waals surface area contributed by atoms with E-state index in [1.165, 1.54) is 25.3 Å². The van der Waals surface area contributed by atoms with Crippen molar-refractivity contribution in [1.29, 1.82) is 0 Å². The Hall–Kier alpha value is -3.98. The lowest BCUT2D eigenvalue weighted by Crippen LogP contribution is -2.36. The van der Waals surface area contributed by atoms with Crippen LogP contribution in [0.15, 0.2) is 77.1 Å². The molecule has 0 aliphatic carbocycles. The minimum Gasteiger partial charge on any atom is -0.466 e. The Morgan fingerprint density at radius 3 is 2.23 bits per heavy atom. The minimum atomic E-state index is -0.919. The van der Waals surface area contributed by atoms with Crippen molar-refractivity contribution in [3.63, 3.8) is 0 Å². The maximum Gasteiger partial charge on any atom is 0.337 e. The summed E-state index contributed by atoms with van der Waals surface area (Å²) in [4.78, 5) is 37.5. The van der Waals surface area contributed by atoms with Crippen LogP contribution in [0, 0.1) is 10.1 Å². The fraction of sp³-hybridized carbons (Fsp3) is 0.308. The summed E-state index contributed by atoms with van der Waals surface area (Å²) in [7, 11) is 3.02. The van der Waals surface area contributed by atoms with Gasteiger partial charge in [-0.05, 0) is 38.9 Å². The van der Waals surface area contributed by atoms with Crippen LogP contribution >= 0.6 is 0 Å². The summed E-state index contributed by atoms with van der Waals surface area (Å²) in [6.07, 6.45) is -0.617. The van der Waals surface area contributed by atoms with Crippen molar-refractivity contribution in [3.05, 3.63) is 98.4 Å². The van der Waals surface area contributed by atoms with Crippen molar-refractivity contribution in [1.82, 2.24) is 10.6 Å². The second-order valence-corrected chi connectivity index (χ2v) is 8.29. The first-order valence-electron chi connectivity index (χ1n) is 11.1. The predicted molar refractivity (Wildman–Crippen MR) is 130 cm³/mol. The van der Waals surface area contributed by atoms with Gasteiger partial charge in [0.15, 0.2) is 0 Å². The third kappa shape index (κ3) is 5.41. The van der Waals surface area contributed by atoms with Gasteiger partial charge in [0.1, 0.15) is 6.10 Å². The Balaban J connectivity index is 2.12. The van der Waals surface area contributed by atoms with Crippen LogP contribution in [0.4, 0.5) is 5.69 Å². The number of allylic oxidation sites excluding steroid dienone is 2. The van der Waals surface area contributed by atoms with E-state index >= 15 is 0 Å². The number of hydrogen-bond donors (Lipinski definition) is 2. The van der Waals surface area contributed by atoms with Gasteiger partial charge in [0.2, 0.25) is 0 Å². The number of nitrogens with zero attached hydrogens (tertiary/aromatic N) is 1. The highest BCUT2D eigenvalue weighted by Gasteiger charge is 2.39. The van der Waals surface area contributed by atoms with Crippen molar-refractivity contribution in [2.45, 2.75) is 38.8 Å². The average Bonchev–Trinajstić information content (AvgIpc) is 2.86. The van der Waals surface area contributed by atoms with E-state index in [0.717, 1.165) is 5.56 Å². The van der Waals surface area contributed by atoms with Crippen LogP contribution in [0.25, 0.3) is 0 Å². The third-order valence-electron chi connectivity index (χ3n) is 6.07. The standard InChI is InChI=1S/C26H29N3O6/c1-15-21(25(30)34-5)23(19-12-9-13-20(14-19)29(32)33)22(16(2)28-15)26(31)35-24(17(3)27-4)18-10-7-6-8-11-18/h6-14,17,23-24,27-28H,1-5H3. The van der Waals surface area contributed by atoms with E-state index in [-0.39, 0.29) is 22.9 Å². The molecule has 2 N–H and O–H groups in total. The number of nitro groups is 1. The quantitative estimate of drug-likeness (QED) is 0.332. The van der Waals surface area contributed by atoms with Crippen molar-refractivity contribution in [2.24, 2.45) is 0 Å². The molecule has 3 atom stereocenters. The number of rotatable bonds is 8. The highest BCUT2D eigenvalue weighted by atomic mass is 16.6. The molecule has 2 aromatic carbocycles. The van der Waals surface area contributed by atoms with E-state index in [1.807, 2.05) is 37.3 Å². The van der Waals surface area contributed by atoms with Gasteiger partial charge in [-0.15, -0.1) is 0 Å². The van der Waals surface area contributed by atoms with Crippen LogP contribution in [0.3, 0.4) is 0 Å². The van der Waals surface area contributed by atoms with Gasteiger partial charge in [-0.1, -0.05) is 42.5 Å². The molecule has 35 heavy (non-hydrogen) atoms. The van der Waals surface area contributed by atoms with Crippen LogP contribution in [-0.4, -0.2) is 37.1 Å². The fourth-order valence-corrected chi connectivity index (χ4v) is 4.23. The lowest BCUT2D eigenvalue weighted by Gasteiger charge is -2.32. The van der Waals surface area contributed by atoms with Crippen molar-refractivity contribution in [3.8, 4) is 0 Å². The monoisotopic (exact) mass is 479 g/mol. The zero-order valence-electron chi connectivity index (χ0n) is 20.3.